The van der Waals surface area contributed by atoms with Crippen LogP contribution in [0.3, 0.4) is 0 Å². The van der Waals surface area contributed by atoms with Crippen LogP contribution in [0.1, 0.15) is 41.6 Å². The van der Waals surface area contributed by atoms with Crippen LogP contribution in [0.15, 0.2) is 41.3 Å². The van der Waals surface area contributed by atoms with Crippen molar-refractivity contribution >= 4 is 54.2 Å². The van der Waals surface area contributed by atoms with Crippen molar-refractivity contribution in [3.8, 4) is 0 Å². The maximum absolute atomic E-state index is 13.8. The summed E-state index contributed by atoms with van der Waals surface area (Å²) in [5, 5.41) is 1.26. The Kier molecular flexibility index (Phi) is 8.66. The number of amides is 1. The zero-order valence-corrected chi connectivity index (χ0v) is 24.0. The molecule has 2 saturated heterocycles. The van der Waals surface area contributed by atoms with Gasteiger partial charge in [-0.3, -0.25) is 14.6 Å². The van der Waals surface area contributed by atoms with Crippen LogP contribution >= 0.6 is 22.9 Å². The standard InChI is InChI=1S/C27H33ClN4O4S2/c1-20-23(28)10-11-24-25(20)29-27(37-24)32(15-5-12-30-16-18-36-19-17-30)26(33)21-6-8-22(9-7-21)38(34,35)31-13-3-2-4-14-31/h6-11H,2-5,12-19H2,1H3. The average molecular weight is 577 g/mol. The first-order valence-electron chi connectivity index (χ1n) is 13.1. The Bertz CT molecular complexity index is 1380. The van der Waals surface area contributed by atoms with Crippen molar-refractivity contribution in [2.45, 2.75) is 37.5 Å². The lowest BCUT2D eigenvalue weighted by molar-refractivity contribution is 0.0376. The van der Waals surface area contributed by atoms with Gasteiger partial charge in [-0.1, -0.05) is 29.4 Å². The summed E-state index contributed by atoms with van der Waals surface area (Å²) in [6.45, 7) is 7.61. The van der Waals surface area contributed by atoms with Gasteiger partial charge in [0, 0.05) is 49.9 Å². The molecule has 204 valence electrons. The molecular weight excluding hydrogens is 544 g/mol. The first kappa shape index (κ1) is 27.5. The van der Waals surface area contributed by atoms with Crippen LogP contribution in [0.25, 0.3) is 10.2 Å². The van der Waals surface area contributed by atoms with Crippen molar-refractivity contribution < 1.29 is 17.9 Å². The normalized spacial score (nSPS) is 17.6. The highest BCUT2D eigenvalue weighted by molar-refractivity contribution is 7.89. The Labute approximate surface area is 233 Å². The summed E-state index contributed by atoms with van der Waals surface area (Å²) < 4.78 is 34.1. The molecule has 1 aromatic heterocycles. The summed E-state index contributed by atoms with van der Waals surface area (Å²) in [5.74, 6) is -0.197. The second kappa shape index (κ2) is 12.0. The fourth-order valence-corrected chi connectivity index (χ4v) is 7.66. The molecule has 2 aliphatic rings. The number of anilines is 1. The molecule has 0 saturated carbocycles. The van der Waals surface area contributed by atoms with Gasteiger partial charge in [-0.15, -0.1) is 0 Å². The summed E-state index contributed by atoms with van der Waals surface area (Å²) in [6, 6.07) is 10.1. The van der Waals surface area contributed by atoms with Crippen LogP contribution in [0.4, 0.5) is 5.13 Å². The van der Waals surface area contributed by atoms with Crippen LogP contribution in [0.5, 0.6) is 0 Å². The second-order valence-corrected chi connectivity index (χ2v) is 13.1. The monoisotopic (exact) mass is 576 g/mol. The number of halogens is 1. The lowest BCUT2D eigenvalue weighted by Crippen LogP contribution is -2.39. The van der Waals surface area contributed by atoms with Crippen LogP contribution in [-0.2, 0) is 14.8 Å². The molecule has 0 aliphatic carbocycles. The van der Waals surface area contributed by atoms with E-state index in [1.165, 1.54) is 11.3 Å². The number of thiazole rings is 1. The third-order valence-electron chi connectivity index (χ3n) is 7.23. The smallest absolute Gasteiger partial charge is 0.260 e. The van der Waals surface area contributed by atoms with Crippen molar-refractivity contribution in [2.75, 3.05) is 57.4 Å². The largest absolute Gasteiger partial charge is 0.379 e. The van der Waals surface area contributed by atoms with Gasteiger partial charge in [-0.05, 0) is 68.1 Å². The minimum atomic E-state index is -3.56. The van der Waals surface area contributed by atoms with E-state index in [0.29, 0.717) is 35.4 Å². The third-order valence-corrected chi connectivity index (χ3v) is 10.6. The molecule has 0 bridgehead atoms. The van der Waals surface area contributed by atoms with Crippen LogP contribution in [0, 0.1) is 6.92 Å². The van der Waals surface area contributed by atoms with Crippen molar-refractivity contribution in [3.05, 3.63) is 52.5 Å². The van der Waals surface area contributed by atoms with Gasteiger partial charge in [0.2, 0.25) is 10.0 Å². The third kappa shape index (κ3) is 5.90. The van der Waals surface area contributed by atoms with Crippen LogP contribution in [-0.4, -0.2) is 81.0 Å². The topological polar surface area (TPSA) is 83.0 Å². The molecule has 3 heterocycles. The van der Waals surface area contributed by atoms with E-state index in [9.17, 15) is 13.2 Å². The van der Waals surface area contributed by atoms with Gasteiger partial charge in [0.05, 0.1) is 28.3 Å². The molecule has 2 aromatic carbocycles. The lowest BCUT2D eigenvalue weighted by atomic mass is 10.2. The van der Waals surface area contributed by atoms with Crippen molar-refractivity contribution in [2.24, 2.45) is 0 Å². The zero-order valence-electron chi connectivity index (χ0n) is 21.6. The first-order chi connectivity index (χ1) is 18.3. The Morgan fingerprint density at radius 2 is 1.76 bits per heavy atom. The van der Waals surface area contributed by atoms with E-state index in [1.54, 1.807) is 33.5 Å². The molecule has 0 N–H and O–H groups in total. The summed E-state index contributed by atoms with van der Waals surface area (Å²) in [6.07, 6.45) is 3.59. The molecule has 0 spiro atoms. The van der Waals surface area contributed by atoms with E-state index in [0.717, 1.165) is 74.3 Å². The SMILES string of the molecule is Cc1c(Cl)ccc2sc(N(CCCN3CCOCC3)C(=O)c3ccc(S(=O)(=O)N4CCCCC4)cc3)nc12. The average Bonchev–Trinajstić information content (AvgIpc) is 3.39. The van der Waals surface area contributed by atoms with Crippen molar-refractivity contribution in [3.63, 3.8) is 0 Å². The number of aromatic nitrogens is 1. The van der Waals surface area contributed by atoms with Crippen molar-refractivity contribution in [1.29, 1.82) is 0 Å². The quantitative estimate of drug-likeness (QED) is 0.383. The minimum Gasteiger partial charge on any atom is -0.379 e. The number of piperidine rings is 1. The van der Waals surface area contributed by atoms with Gasteiger partial charge < -0.3 is 4.74 Å². The maximum Gasteiger partial charge on any atom is 0.260 e. The number of hydrogen-bond donors (Lipinski definition) is 0. The number of sulfonamides is 1. The Balaban J connectivity index is 1.39. The summed E-state index contributed by atoms with van der Waals surface area (Å²) in [7, 11) is -3.56. The maximum atomic E-state index is 13.8. The van der Waals surface area contributed by atoms with E-state index >= 15 is 0 Å². The minimum absolute atomic E-state index is 0.197. The molecular formula is C27H33ClN4O4S2. The summed E-state index contributed by atoms with van der Waals surface area (Å²) >= 11 is 7.79. The highest BCUT2D eigenvalue weighted by Crippen LogP contribution is 2.34. The number of benzene rings is 2. The molecule has 2 aliphatic heterocycles. The molecule has 0 atom stereocenters. The van der Waals surface area contributed by atoms with Gasteiger partial charge in [0.1, 0.15) is 0 Å². The lowest BCUT2D eigenvalue weighted by Gasteiger charge is -2.28. The van der Waals surface area contributed by atoms with Crippen LogP contribution in [0.2, 0.25) is 5.02 Å². The molecule has 1 amide bonds. The Hall–Kier alpha value is -2.08. The van der Waals surface area contributed by atoms with Gasteiger partial charge in [0.25, 0.3) is 5.91 Å². The van der Waals surface area contributed by atoms with Gasteiger partial charge in [0.15, 0.2) is 5.13 Å². The number of rotatable bonds is 8. The van der Waals surface area contributed by atoms with Crippen LogP contribution < -0.4 is 4.90 Å². The number of carbonyl (C=O) groups is 1. The van der Waals surface area contributed by atoms with Crippen molar-refractivity contribution in [1.82, 2.24) is 14.2 Å². The first-order valence-corrected chi connectivity index (χ1v) is 15.8. The molecule has 3 aromatic rings. The molecule has 0 unspecified atom stereocenters. The van der Waals surface area contributed by atoms with E-state index in [2.05, 4.69) is 4.90 Å². The molecule has 8 nitrogen and oxygen atoms in total. The number of fused-ring (bicyclic) bond motifs is 1. The van der Waals surface area contributed by atoms with Gasteiger partial charge in [-0.25, -0.2) is 13.4 Å². The predicted molar refractivity (Wildman–Crippen MR) is 152 cm³/mol. The molecule has 11 heteroatoms. The molecule has 0 radical (unpaired) electrons. The van der Waals surface area contributed by atoms with Gasteiger partial charge >= 0.3 is 0 Å². The highest BCUT2D eigenvalue weighted by atomic mass is 35.5. The highest BCUT2D eigenvalue weighted by Gasteiger charge is 2.27. The number of morpholine rings is 1. The number of ether oxygens (including phenoxy) is 1. The van der Waals surface area contributed by atoms with Gasteiger partial charge in [-0.2, -0.15) is 4.31 Å². The number of carbonyl (C=O) groups excluding carboxylic acids is 1. The number of aryl methyl sites for hydroxylation is 1. The fraction of sp³-hybridized carbons (Fsp3) is 0.481. The number of nitrogens with zero attached hydrogens (tertiary/aromatic N) is 4. The Morgan fingerprint density at radius 1 is 1.05 bits per heavy atom. The fourth-order valence-electron chi connectivity index (χ4n) is 4.95. The van der Waals surface area contributed by atoms with E-state index in [4.69, 9.17) is 21.3 Å². The molecule has 38 heavy (non-hydrogen) atoms. The molecule has 5 rings (SSSR count). The predicted octanol–water partition coefficient (Wildman–Crippen LogP) is 4.80. The van der Waals surface area contributed by atoms with E-state index < -0.39 is 10.0 Å². The number of hydrogen-bond acceptors (Lipinski definition) is 7. The zero-order chi connectivity index (χ0) is 26.7. The van der Waals surface area contributed by atoms with E-state index in [1.807, 2.05) is 19.1 Å². The second-order valence-electron chi connectivity index (χ2n) is 9.77. The Morgan fingerprint density at radius 3 is 2.47 bits per heavy atom. The summed E-state index contributed by atoms with van der Waals surface area (Å²) in [5.41, 5.74) is 2.12. The van der Waals surface area contributed by atoms with E-state index in [-0.39, 0.29) is 10.8 Å². The summed E-state index contributed by atoms with van der Waals surface area (Å²) in [4.78, 5) is 22.9. The molecule has 2 fully saturated rings.